The van der Waals surface area contributed by atoms with Crippen molar-refractivity contribution in [3.8, 4) is 0 Å². The summed E-state index contributed by atoms with van der Waals surface area (Å²) in [6.07, 6.45) is -0.508. The van der Waals surface area contributed by atoms with Crippen LogP contribution in [0.1, 0.15) is 37.0 Å². The number of hydrogen-bond donors (Lipinski definition) is 1. The zero-order valence-electron chi connectivity index (χ0n) is 11.7. The van der Waals surface area contributed by atoms with Crippen LogP contribution >= 0.6 is 11.8 Å². The van der Waals surface area contributed by atoms with Crippen molar-refractivity contribution in [1.82, 2.24) is 0 Å². The summed E-state index contributed by atoms with van der Waals surface area (Å²) in [5.41, 5.74) is 2.19. The second-order valence-electron chi connectivity index (χ2n) is 5.10. The highest BCUT2D eigenvalue weighted by molar-refractivity contribution is 7.99. The van der Waals surface area contributed by atoms with Gasteiger partial charge in [0.2, 0.25) is 0 Å². The number of halogens is 1. The molecule has 1 N–H and O–H groups in total. The summed E-state index contributed by atoms with van der Waals surface area (Å²) in [4.78, 5) is 0.962. The van der Waals surface area contributed by atoms with Crippen molar-refractivity contribution in [3.63, 3.8) is 0 Å². The Hall–Kier alpha value is -1.32. The first-order chi connectivity index (χ1) is 9.56. The maximum Gasteiger partial charge on any atom is 0.123 e. The molecular formula is C17H19FOS. The summed E-state index contributed by atoms with van der Waals surface area (Å²) < 4.78 is 12.8. The van der Waals surface area contributed by atoms with Gasteiger partial charge in [0, 0.05) is 10.6 Å². The van der Waals surface area contributed by atoms with Gasteiger partial charge in [0.1, 0.15) is 5.82 Å². The Kier molecular flexibility index (Phi) is 5.21. The van der Waals surface area contributed by atoms with Crippen molar-refractivity contribution < 1.29 is 9.50 Å². The monoisotopic (exact) mass is 290 g/mol. The third kappa shape index (κ3) is 4.09. The Bertz CT molecular complexity index is 534. The quantitative estimate of drug-likeness (QED) is 0.800. The van der Waals surface area contributed by atoms with E-state index in [4.69, 9.17) is 0 Å². The largest absolute Gasteiger partial charge is 0.388 e. The number of thioether (sulfide) groups is 1. The first-order valence-electron chi connectivity index (χ1n) is 6.72. The molecule has 2 rings (SSSR count). The molecule has 106 valence electrons. The van der Waals surface area contributed by atoms with Crippen LogP contribution in [-0.2, 0) is 0 Å². The highest BCUT2D eigenvalue weighted by Gasteiger charge is 2.09. The lowest BCUT2D eigenvalue weighted by atomic mass is 10.0. The molecule has 0 aliphatic carbocycles. The van der Waals surface area contributed by atoms with Gasteiger partial charge in [-0.1, -0.05) is 38.1 Å². The van der Waals surface area contributed by atoms with E-state index in [9.17, 15) is 9.50 Å². The van der Waals surface area contributed by atoms with Crippen LogP contribution < -0.4 is 0 Å². The molecule has 0 bridgehead atoms. The molecule has 0 saturated heterocycles. The molecule has 0 amide bonds. The van der Waals surface area contributed by atoms with Crippen molar-refractivity contribution in [1.29, 1.82) is 0 Å². The smallest absolute Gasteiger partial charge is 0.123 e. The van der Waals surface area contributed by atoms with E-state index < -0.39 is 6.10 Å². The third-order valence-electron chi connectivity index (χ3n) is 3.21. The molecule has 0 fully saturated rings. The van der Waals surface area contributed by atoms with Crippen LogP contribution in [0, 0.1) is 5.82 Å². The van der Waals surface area contributed by atoms with Gasteiger partial charge < -0.3 is 5.11 Å². The van der Waals surface area contributed by atoms with E-state index in [0.29, 0.717) is 11.7 Å². The van der Waals surface area contributed by atoms with Crippen LogP contribution in [0.2, 0.25) is 0 Å². The summed E-state index contributed by atoms with van der Waals surface area (Å²) in [6.45, 7) is 4.30. The number of benzene rings is 2. The lowest BCUT2D eigenvalue weighted by Crippen LogP contribution is -2.01. The number of hydrogen-bond acceptors (Lipinski definition) is 2. The minimum Gasteiger partial charge on any atom is -0.388 e. The van der Waals surface area contributed by atoms with E-state index in [-0.39, 0.29) is 5.82 Å². The molecule has 1 unspecified atom stereocenters. The highest BCUT2D eigenvalue weighted by Crippen LogP contribution is 2.26. The van der Waals surface area contributed by atoms with E-state index >= 15 is 0 Å². The fourth-order valence-electron chi connectivity index (χ4n) is 1.91. The van der Waals surface area contributed by atoms with Gasteiger partial charge in [0.05, 0.1) is 6.10 Å². The van der Waals surface area contributed by atoms with Crippen LogP contribution in [0.5, 0.6) is 0 Å². The van der Waals surface area contributed by atoms with Crippen LogP contribution in [0.25, 0.3) is 0 Å². The summed E-state index contributed by atoms with van der Waals surface area (Å²) in [5.74, 6) is 0.820. The molecular weight excluding hydrogens is 271 g/mol. The molecule has 0 aliphatic rings. The first kappa shape index (κ1) is 15.1. The van der Waals surface area contributed by atoms with E-state index in [1.807, 2.05) is 12.1 Å². The van der Waals surface area contributed by atoms with Crippen LogP contribution in [0.4, 0.5) is 4.39 Å². The second-order valence-corrected chi connectivity index (χ2v) is 6.20. The summed E-state index contributed by atoms with van der Waals surface area (Å²) in [6, 6.07) is 14.4. The van der Waals surface area contributed by atoms with E-state index in [0.717, 1.165) is 10.5 Å². The molecule has 20 heavy (non-hydrogen) atoms. The summed E-state index contributed by atoms with van der Waals surface area (Å²) >= 11 is 1.53. The van der Waals surface area contributed by atoms with E-state index in [1.54, 1.807) is 12.1 Å². The third-order valence-corrected chi connectivity index (χ3v) is 4.30. The molecule has 2 aromatic carbocycles. The lowest BCUT2D eigenvalue weighted by molar-refractivity contribution is 0.204. The summed E-state index contributed by atoms with van der Waals surface area (Å²) in [5, 5.41) is 10.2. The highest BCUT2D eigenvalue weighted by atomic mass is 32.2. The van der Waals surface area contributed by atoms with E-state index in [2.05, 4.69) is 26.0 Å². The second kappa shape index (κ2) is 6.91. The van der Waals surface area contributed by atoms with Crippen molar-refractivity contribution in [2.75, 3.05) is 5.75 Å². The normalized spacial score (nSPS) is 12.7. The van der Waals surface area contributed by atoms with Gasteiger partial charge in [0.15, 0.2) is 0 Å². The molecule has 3 heteroatoms. The molecule has 2 aromatic rings. The van der Waals surface area contributed by atoms with Crippen LogP contribution in [0.15, 0.2) is 53.4 Å². The molecule has 0 heterocycles. The molecule has 1 atom stereocenters. The molecule has 0 aliphatic heterocycles. The molecule has 0 saturated carbocycles. The van der Waals surface area contributed by atoms with Crippen molar-refractivity contribution in [3.05, 3.63) is 65.5 Å². The van der Waals surface area contributed by atoms with Crippen molar-refractivity contribution in [2.24, 2.45) is 0 Å². The Morgan fingerprint density at radius 1 is 0.950 bits per heavy atom. The minimum atomic E-state index is -0.508. The van der Waals surface area contributed by atoms with Crippen LogP contribution in [0.3, 0.4) is 0 Å². The Morgan fingerprint density at radius 2 is 1.50 bits per heavy atom. The maximum absolute atomic E-state index is 12.8. The van der Waals surface area contributed by atoms with Crippen molar-refractivity contribution in [2.45, 2.75) is 30.8 Å². The van der Waals surface area contributed by atoms with Gasteiger partial charge in [-0.15, -0.1) is 11.8 Å². The molecule has 0 radical (unpaired) electrons. The predicted molar refractivity (Wildman–Crippen MR) is 82.6 cm³/mol. The Morgan fingerprint density at radius 3 is 2.05 bits per heavy atom. The van der Waals surface area contributed by atoms with Gasteiger partial charge in [-0.2, -0.15) is 0 Å². The van der Waals surface area contributed by atoms with Gasteiger partial charge in [-0.05, 0) is 41.3 Å². The first-order valence-corrected chi connectivity index (χ1v) is 7.71. The number of rotatable bonds is 5. The number of aliphatic hydroxyl groups excluding tert-OH is 1. The lowest BCUT2D eigenvalue weighted by Gasteiger charge is -2.12. The fourth-order valence-corrected chi connectivity index (χ4v) is 2.78. The van der Waals surface area contributed by atoms with Gasteiger partial charge in [0.25, 0.3) is 0 Å². The number of aliphatic hydroxyl groups is 1. The zero-order valence-corrected chi connectivity index (χ0v) is 12.5. The minimum absolute atomic E-state index is 0.237. The predicted octanol–water partition coefficient (Wildman–Crippen LogP) is 4.77. The SMILES string of the molecule is CC(C)c1ccc(C(O)CSc2ccc(F)cc2)cc1. The van der Waals surface area contributed by atoms with Gasteiger partial charge >= 0.3 is 0 Å². The zero-order chi connectivity index (χ0) is 14.5. The average molecular weight is 290 g/mol. The van der Waals surface area contributed by atoms with Gasteiger partial charge in [-0.25, -0.2) is 4.39 Å². The van der Waals surface area contributed by atoms with Gasteiger partial charge in [-0.3, -0.25) is 0 Å². The average Bonchev–Trinajstić information content (AvgIpc) is 2.46. The standard InChI is InChI=1S/C17H19FOS/c1-12(2)13-3-5-14(6-4-13)17(19)11-20-16-9-7-15(18)8-10-16/h3-10,12,17,19H,11H2,1-2H3. The Balaban J connectivity index is 1.94. The molecule has 0 spiro atoms. The van der Waals surface area contributed by atoms with E-state index in [1.165, 1.54) is 29.5 Å². The van der Waals surface area contributed by atoms with Crippen molar-refractivity contribution >= 4 is 11.8 Å². The Labute approximate surface area is 123 Å². The maximum atomic E-state index is 12.8. The van der Waals surface area contributed by atoms with Crippen LogP contribution in [-0.4, -0.2) is 10.9 Å². The molecule has 0 aromatic heterocycles. The summed E-state index contributed by atoms with van der Waals surface area (Å²) in [7, 11) is 0. The molecule has 1 nitrogen and oxygen atoms in total. The fraction of sp³-hybridized carbons (Fsp3) is 0.294. The topological polar surface area (TPSA) is 20.2 Å².